The number of anilines is 1. The number of hydrogen-bond acceptors (Lipinski definition) is 1. The zero-order valence-electron chi connectivity index (χ0n) is 14.1. The number of carbonyl (C=O) groups excluding carboxylic acids is 1. The van der Waals surface area contributed by atoms with Crippen molar-refractivity contribution in [3.63, 3.8) is 0 Å². The number of hydrogen-bond donors (Lipinski definition) is 0. The van der Waals surface area contributed by atoms with Gasteiger partial charge in [-0.05, 0) is 58.7 Å². The second kappa shape index (κ2) is 5.31. The first-order valence-corrected chi connectivity index (χ1v) is 8.01. The van der Waals surface area contributed by atoms with Crippen LogP contribution in [0.2, 0.25) is 0 Å². The maximum absolute atomic E-state index is 13.1. The smallest absolute Gasteiger partial charge is 0.260 e. The molecule has 3 heteroatoms. The van der Waals surface area contributed by atoms with Crippen LogP contribution in [0.15, 0.2) is 30.3 Å². The van der Waals surface area contributed by atoms with Crippen molar-refractivity contribution in [3.05, 3.63) is 52.8 Å². The number of aryl methyl sites for hydroxylation is 1. The largest absolute Gasteiger partial charge is 0.346 e. The molecule has 116 valence electrons. The van der Waals surface area contributed by atoms with Crippen molar-refractivity contribution in [1.82, 2.24) is 4.57 Å². The summed E-state index contributed by atoms with van der Waals surface area (Å²) in [5.41, 5.74) is 5.37. The summed E-state index contributed by atoms with van der Waals surface area (Å²) in [6.45, 7) is 10.6. The Hall–Kier alpha value is -2.03. The molecular formula is C19H24N2O. The molecule has 0 saturated heterocycles. The molecule has 1 atom stereocenters. The van der Waals surface area contributed by atoms with Gasteiger partial charge in [0.05, 0.1) is 5.56 Å². The molecule has 1 aliphatic rings. The lowest BCUT2D eigenvalue weighted by Gasteiger charge is -2.23. The minimum atomic E-state index is 0.123. The van der Waals surface area contributed by atoms with Gasteiger partial charge in [0.25, 0.3) is 5.91 Å². The van der Waals surface area contributed by atoms with Gasteiger partial charge in [0.2, 0.25) is 0 Å². The van der Waals surface area contributed by atoms with E-state index in [0.29, 0.717) is 6.04 Å². The van der Waals surface area contributed by atoms with Crippen LogP contribution in [-0.4, -0.2) is 16.5 Å². The number of fused-ring (bicyclic) bond motifs is 1. The lowest BCUT2D eigenvalue weighted by Crippen LogP contribution is -2.36. The zero-order chi connectivity index (χ0) is 16.0. The van der Waals surface area contributed by atoms with E-state index < -0.39 is 0 Å². The van der Waals surface area contributed by atoms with Gasteiger partial charge in [-0.1, -0.05) is 18.2 Å². The van der Waals surface area contributed by atoms with Gasteiger partial charge in [0.1, 0.15) is 0 Å². The summed E-state index contributed by atoms with van der Waals surface area (Å²) in [7, 11) is 0. The molecule has 1 aromatic carbocycles. The molecule has 0 spiro atoms. The van der Waals surface area contributed by atoms with Crippen LogP contribution < -0.4 is 4.90 Å². The van der Waals surface area contributed by atoms with E-state index in [1.54, 1.807) is 0 Å². The van der Waals surface area contributed by atoms with Crippen molar-refractivity contribution in [1.29, 1.82) is 0 Å². The van der Waals surface area contributed by atoms with E-state index in [1.807, 2.05) is 30.0 Å². The van der Waals surface area contributed by atoms with Crippen LogP contribution in [0.3, 0.4) is 0 Å². The van der Waals surface area contributed by atoms with Gasteiger partial charge in [-0.25, -0.2) is 0 Å². The molecule has 3 nitrogen and oxygen atoms in total. The van der Waals surface area contributed by atoms with E-state index in [9.17, 15) is 4.79 Å². The first kappa shape index (κ1) is 14.9. The van der Waals surface area contributed by atoms with Gasteiger partial charge < -0.3 is 9.47 Å². The van der Waals surface area contributed by atoms with E-state index >= 15 is 0 Å². The third-order valence-corrected chi connectivity index (χ3v) is 4.66. The molecule has 0 saturated carbocycles. The summed E-state index contributed by atoms with van der Waals surface area (Å²) in [6.07, 6.45) is 0.935. The van der Waals surface area contributed by atoms with E-state index in [-0.39, 0.29) is 11.9 Å². The summed E-state index contributed by atoms with van der Waals surface area (Å²) in [5.74, 6) is 0.123. The van der Waals surface area contributed by atoms with Crippen LogP contribution in [0.25, 0.3) is 0 Å². The first-order chi connectivity index (χ1) is 10.4. The monoisotopic (exact) mass is 296 g/mol. The molecule has 22 heavy (non-hydrogen) atoms. The van der Waals surface area contributed by atoms with Crippen LogP contribution >= 0.6 is 0 Å². The van der Waals surface area contributed by atoms with Crippen molar-refractivity contribution in [2.24, 2.45) is 0 Å². The predicted octanol–water partition coefficient (Wildman–Crippen LogP) is 4.28. The predicted molar refractivity (Wildman–Crippen MR) is 90.7 cm³/mol. The van der Waals surface area contributed by atoms with E-state index in [0.717, 1.165) is 29.1 Å². The minimum Gasteiger partial charge on any atom is -0.346 e. The Balaban J connectivity index is 2.04. The fraction of sp³-hybridized carbons (Fsp3) is 0.421. The Morgan fingerprint density at radius 1 is 1.23 bits per heavy atom. The Morgan fingerprint density at radius 2 is 1.91 bits per heavy atom. The third kappa shape index (κ3) is 2.16. The quantitative estimate of drug-likeness (QED) is 0.812. The maximum Gasteiger partial charge on any atom is 0.260 e. The Bertz CT molecular complexity index is 727. The summed E-state index contributed by atoms with van der Waals surface area (Å²) in [4.78, 5) is 15.1. The SMILES string of the molecule is Cc1cc(C(=O)N2c3ccccc3C[C@H]2C)c(C)n1C(C)C. The second-order valence-corrected chi connectivity index (χ2v) is 6.61. The van der Waals surface area contributed by atoms with Crippen LogP contribution in [-0.2, 0) is 6.42 Å². The van der Waals surface area contributed by atoms with Crippen LogP contribution in [0.5, 0.6) is 0 Å². The number of aromatic nitrogens is 1. The van der Waals surface area contributed by atoms with Crippen LogP contribution in [0.1, 0.15) is 54.1 Å². The molecule has 1 amide bonds. The number of para-hydroxylation sites is 1. The standard InChI is InChI=1S/C19H24N2O/c1-12(2)20-14(4)11-17(15(20)5)19(22)21-13(3)10-16-8-6-7-9-18(16)21/h6-9,11-13H,10H2,1-5H3/t13-/m1/s1. The lowest BCUT2D eigenvalue weighted by molar-refractivity contribution is 0.0980. The van der Waals surface area contributed by atoms with Crippen molar-refractivity contribution >= 4 is 11.6 Å². The summed E-state index contributed by atoms with van der Waals surface area (Å²) in [5, 5.41) is 0. The van der Waals surface area contributed by atoms with E-state index in [2.05, 4.69) is 44.4 Å². The van der Waals surface area contributed by atoms with Gasteiger partial charge >= 0.3 is 0 Å². The van der Waals surface area contributed by atoms with E-state index in [4.69, 9.17) is 0 Å². The zero-order valence-corrected chi connectivity index (χ0v) is 14.1. The van der Waals surface area contributed by atoms with Crippen molar-refractivity contribution in [3.8, 4) is 0 Å². The number of nitrogens with zero attached hydrogens (tertiary/aromatic N) is 2. The second-order valence-electron chi connectivity index (χ2n) is 6.61. The molecule has 0 bridgehead atoms. The Kier molecular flexibility index (Phi) is 3.59. The molecule has 0 N–H and O–H groups in total. The molecule has 3 rings (SSSR count). The number of amides is 1. The summed E-state index contributed by atoms with van der Waals surface area (Å²) >= 11 is 0. The highest BCUT2D eigenvalue weighted by Gasteiger charge is 2.32. The highest BCUT2D eigenvalue weighted by Crippen LogP contribution is 2.34. The molecule has 0 unspecified atom stereocenters. The molecule has 2 aromatic rings. The van der Waals surface area contributed by atoms with Crippen molar-refractivity contribution < 1.29 is 4.79 Å². The molecular weight excluding hydrogens is 272 g/mol. The summed E-state index contributed by atoms with van der Waals surface area (Å²) in [6, 6.07) is 10.8. The number of benzene rings is 1. The van der Waals surface area contributed by atoms with Gasteiger partial charge in [0.15, 0.2) is 0 Å². The lowest BCUT2D eigenvalue weighted by atomic mass is 10.1. The average molecular weight is 296 g/mol. The van der Waals surface area contributed by atoms with Crippen molar-refractivity contribution in [2.75, 3.05) is 4.90 Å². The average Bonchev–Trinajstić information content (AvgIpc) is 2.94. The topological polar surface area (TPSA) is 25.2 Å². The number of rotatable bonds is 2. The minimum absolute atomic E-state index is 0.123. The molecule has 1 aliphatic heterocycles. The van der Waals surface area contributed by atoms with E-state index in [1.165, 1.54) is 5.56 Å². The first-order valence-electron chi connectivity index (χ1n) is 8.01. The summed E-state index contributed by atoms with van der Waals surface area (Å²) < 4.78 is 2.24. The fourth-order valence-corrected chi connectivity index (χ4v) is 3.79. The van der Waals surface area contributed by atoms with Crippen LogP contribution in [0.4, 0.5) is 5.69 Å². The normalized spacial score (nSPS) is 17.2. The molecule has 0 fully saturated rings. The fourth-order valence-electron chi connectivity index (χ4n) is 3.79. The number of carbonyl (C=O) groups is 1. The molecule has 2 heterocycles. The van der Waals surface area contributed by atoms with Crippen LogP contribution in [0, 0.1) is 13.8 Å². The molecule has 0 aliphatic carbocycles. The molecule has 1 aromatic heterocycles. The van der Waals surface area contributed by atoms with Gasteiger partial charge in [-0.2, -0.15) is 0 Å². The maximum atomic E-state index is 13.1. The highest BCUT2D eigenvalue weighted by atomic mass is 16.2. The highest BCUT2D eigenvalue weighted by molar-refractivity contribution is 6.08. The Morgan fingerprint density at radius 3 is 2.55 bits per heavy atom. The molecule has 0 radical (unpaired) electrons. The van der Waals surface area contributed by atoms with Gasteiger partial charge in [-0.3, -0.25) is 4.79 Å². The van der Waals surface area contributed by atoms with Gasteiger partial charge in [-0.15, -0.1) is 0 Å². The Labute approximate surface area is 132 Å². The van der Waals surface area contributed by atoms with Crippen molar-refractivity contribution in [2.45, 2.75) is 53.1 Å². The van der Waals surface area contributed by atoms with Gasteiger partial charge in [0, 0.05) is 29.2 Å². The third-order valence-electron chi connectivity index (χ3n) is 4.66.